The molecule has 1 aromatic heterocycles. The molecule has 1 N–H and O–H groups in total. The average Bonchev–Trinajstić information content (AvgIpc) is 3.05. The summed E-state index contributed by atoms with van der Waals surface area (Å²) in [5, 5.41) is 10.8. The number of hydrogen-bond acceptors (Lipinski definition) is 6. The maximum absolute atomic E-state index is 12.1. The number of rotatable bonds is 7. The van der Waals surface area contributed by atoms with Gasteiger partial charge in [-0.2, -0.15) is 5.26 Å². The van der Waals surface area contributed by atoms with Crippen molar-refractivity contribution in [1.29, 1.82) is 5.26 Å². The van der Waals surface area contributed by atoms with Crippen LogP contribution in [0.3, 0.4) is 0 Å². The first kappa shape index (κ1) is 18.4. The van der Waals surface area contributed by atoms with Crippen molar-refractivity contribution in [3.63, 3.8) is 0 Å². The topological polar surface area (TPSA) is 107 Å². The summed E-state index contributed by atoms with van der Waals surface area (Å²) < 4.78 is 51.7. The molecule has 0 spiro atoms. The Balaban J connectivity index is 2.19. The molecule has 10 heteroatoms. The first-order chi connectivity index (χ1) is 11.3. The fourth-order valence-corrected chi connectivity index (χ4v) is 5.02. The van der Waals surface area contributed by atoms with Crippen molar-refractivity contribution in [3.05, 3.63) is 47.3 Å². The van der Waals surface area contributed by atoms with Crippen LogP contribution in [0.2, 0.25) is 0 Å². The highest BCUT2D eigenvalue weighted by Crippen LogP contribution is 2.22. The minimum Gasteiger partial charge on any atom is -0.268 e. The summed E-state index contributed by atoms with van der Waals surface area (Å²) in [7, 11) is -7.35. The molecule has 7 nitrogen and oxygen atoms in total. The van der Waals surface area contributed by atoms with Crippen molar-refractivity contribution in [2.75, 3.05) is 23.7 Å². The Labute approximate surface area is 145 Å². The van der Waals surface area contributed by atoms with Gasteiger partial charge >= 0.3 is 0 Å². The standard InChI is InChI=1S/C14H15N3O4S3/c1-23(18,19)17(13-6-3-2-5-12(13)11-15)9-8-16-24(20,21)14-7-4-10-22-14/h2-7,10,16H,8-9H2,1H3. The Hall–Kier alpha value is -1.93. The summed E-state index contributed by atoms with van der Waals surface area (Å²) in [4.78, 5) is 0. The summed E-state index contributed by atoms with van der Waals surface area (Å²) in [6.45, 7) is -0.241. The molecule has 2 rings (SSSR count). The lowest BCUT2D eigenvalue weighted by Crippen LogP contribution is -2.38. The SMILES string of the molecule is CS(=O)(=O)N(CCNS(=O)(=O)c1cccs1)c1ccccc1C#N. The van der Waals surface area contributed by atoms with Gasteiger partial charge in [0, 0.05) is 13.1 Å². The molecule has 0 saturated heterocycles. The molecule has 0 unspecified atom stereocenters. The summed E-state index contributed by atoms with van der Waals surface area (Å²) in [5.41, 5.74) is 0.418. The minimum atomic E-state index is -3.67. The van der Waals surface area contributed by atoms with E-state index in [0.717, 1.165) is 21.9 Å². The summed E-state index contributed by atoms with van der Waals surface area (Å²) in [6, 6.07) is 11.3. The zero-order valence-electron chi connectivity index (χ0n) is 12.7. The van der Waals surface area contributed by atoms with Gasteiger partial charge in [-0.25, -0.2) is 21.6 Å². The lowest BCUT2D eigenvalue weighted by Gasteiger charge is -2.23. The van der Waals surface area contributed by atoms with Crippen molar-refractivity contribution in [3.8, 4) is 6.07 Å². The lowest BCUT2D eigenvalue weighted by atomic mass is 10.2. The van der Waals surface area contributed by atoms with E-state index in [-0.39, 0.29) is 28.5 Å². The second-order valence-electron chi connectivity index (χ2n) is 4.79. The number of benzene rings is 1. The van der Waals surface area contributed by atoms with Crippen LogP contribution in [0.25, 0.3) is 0 Å². The molecule has 1 heterocycles. The van der Waals surface area contributed by atoms with Crippen molar-refractivity contribution >= 4 is 37.1 Å². The third-order valence-electron chi connectivity index (χ3n) is 3.06. The normalized spacial score (nSPS) is 11.8. The fourth-order valence-electron chi connectivity index (χ4n) is 2.02. The molecule has 0 aliphatic rings. The third-order valence-corrected chi connectivity index (χ3v) is 7.10. The Kier molecular flexibility index (Phi) is 5.61. The van der Waals surface area contributed by atoms with Gasteiger partial charge in [0.2, 0.25) is 20.0 Å². The quantitative estimate of drug-likeness (QED) is 0.774. The first-order valence-electron chi connectivity index (χ1n) is 6.76. The molecular weight excluding hydrogens is 370 g/mol. The number of sulfonamides is 2. The number of hydrogen-bond donors (Lipinski definition) is 1. The van der Waals surface area contributed by atoms with Crippen LogP contribution in [-0.2, 0) is 20.0 Å². The van der Waals surface area contributed by atoms with Crippen LogP contribution in [0.5, 0.6) is 0 Å². The molecule has 2 aromatic rings. The van der Waals surface area contributed by atoms with E-state index < -0.39 is 20.0 Å². The first-order valence-corrected chi connectivity index (χ1v) is 11.0. The van der Waals surface area contributed by atoms with Gasteiger partial charge in [-0.3, -0.25) is 4.31 Å². The van der Waals surface area contributed by atoms with Gasteiger partial charge in [-0.15, -0.1) is 11.3 Å². The summed E-state index contributed by atoms with van der Waals surface area (Å²) in [5.74, 6) is 0. The van der Waals surface area contributed by atoms with Gasteiger partial charge in [-0.05, 0) is 23.6 Å². The zero-order chi connectivity index (χ0) is 17.8. The van der Waals surface area contributed by atoms with Crippen LogP contribution in [-0.4, -0.2) is 36.2 Å². The van der Waals surface area contributed by atoms with E-state index in [1.54, 1.807) is 23.6 Å². The van der Waals surface area contributed by atoms with Crippen LogP contribution < -0.4 is 9.03 Å². The van der Waals surface area contributed by atoms with E-state index >= 15 is 0 Å². The van der Waals surface area contributed by atoms with Gasteiger partial charge in [0.1, 0.15) is 10.3 Å². The highest BCUT2D eigenvalue weighted by atomic mass is 32.2. The van der Waals surface area contributed by atoms with Gasteiger partial charge in [-0.1, -0.05) is 18.2 Å². The molecule has 24 heavy (non-hydrogen) atoms. The molecule has 0 bridgehead atoms. The van der Waals surface area contributed by atoms with Gasteiger partial charge in [0.15, 0.2) is 0 Å². The van der Waals surface area contributed by atoms with E-state index in [0.29, 0.717) is 0 Å². The Morgan fingerprint density at radius 3 is 2.46 bits per heavy atom. The number of nitrogens with one attached hydrogen (secondary N) is 1. The number of nitriles is 1. The van der Waals surface area contributed by atoms with E-state index in [9.17, 15) is 16.8 Å². The van der Waals surface area contributed by atoms with Crippen LogP contribution in [0.4, 0.5) is 5.69 Å². The lowest BCUT2D eigenvalue weighted by molar-refractivity contribution is 0.580. The fraction of sp³-hybridized carbons (Fsp3) is 0.214. The summed E-state index contributed by atoms with van der Waals surface area (Å²) >= 11 is 1.07. The van der Waals surface area contributed by atoms with Crippen LogP contribution in [0, 0.1) is 11.3 Å². The second kappa shape index (κ2) is 7.31. The van der Waals surface area contributed by atoms with E-state index in [4.69, 9.17) is 5.26 Å². The van der Waals surface area contributed by atoms with Gasteiger partial charge in [0.05, 0.1) is 17.5 Å². The van der Waals surface area contributed by atoms with Crippen molar-refractivity contribution < 1.29 is 16.8 Å². The minimum absolute atomic E-state index is 0.118. The molecule has 0 saturated carbocycles. The second-order valence-corrected chi connectivity index (χ2v) is 9.64. The molecule has 0 aliphatic heterocycles. The Morgan fingerprint density at radius 2 is 1.88 bits per heavy atom. The predicted octanol–water partition coefficient (Wildman–Crippen LogP) is 1.36. The Bertz CT molecular complexity index is 945. The maximum Gasteiger partial charge on any atom is 0.250 e. The number of thiophene rings is 1. The molecule has 1 aromatic carbocycles. The summed E-state index contributed by atoms with van der Waals surface area (Å²) in [6.07, 6.45) is 1.01. The van der Waals surface area contributed by atoms with E-state index in [1.807, 2.05) is 6.07 Å². The average molecular weight is 385 g/mol. The van der Waals surface area contributed by atoms with E-state index in [2.05, 4.69) is 4.72 Å². The zero-order valence-corrected chi connectivity index (χ0v) is 15.2. The largest absolute Gasteiger partial charge is 0.268 e. The molecule has 0 fully saturated rings. The highest BCUT2D eigenvalue weighted by molar-refractivity contribution is 7.92. The smallest absolute Gasteiger partial charge is 0.250 e. The Morgan fingerprint density at radius 1 is 1.17 bits per heavy atom. The van der Waals surface area contributed by atoms with Gasteiger partial charge in [0.25, 0.3) is 0 Å². The van der Waals surface area contributed by atoms with Crippen molar-refractivity contribution in [2.24, 2.45) is 0 Å². The van der Waals surface area contributed by atoms with Crippen molar-refractivity contribution in [2.45, 2.75) is 4.21 Å². The maximum atomic E-state index is 12.1. The molecule has 128 valence electrons. The molecular formula is C14H15N3O4S3. The number of anilines is 1. The number of para-hydroxylation sites is 1. The van der Waals surface area contributed by atoms with Crippen LogP contribution >= 0.6 is 11.3 Å². The molecule has 0 radical (unpaired) electrons. The van der Waals surface area contributed by atoms with Gasteiger partial charge < -0.3 is 0 Å². The van der Waals surface area contributed by atoms with Crippen molar-refractivity contribution in [1.82, 2.24) is 4.72 Å². The third kappa shape index (κ3) is 4.33. The van der Waals surface area contributed by atoms with Crippen LogP contribution in [0.1, 0.15) is 5.56 Å². The number of nitrogens with zero attached hydrogens (tertiary/aromatic N) is 2. The predicted molar refractivity (Wildman–Crippen MR) is 92.9 cm³/mol. The van der Waals surface area contributed by atoms with E-state index in [1.165, 1.54) is 18.2 Å². The molecule has 0 aliphatic carbocycles. The monoisotopic (exact) mass is 385 g/mol. The van der Waals surface area contributed by atoms with Crippen LogP contribution in [0.15, 0.2) is 46.0 Å². The molecule has 0 atom stereocenters. The molecule has 0 amide bonds. The highest BCUT2D eigenvalue weighted by Gasteiger charge is 2.21.